The molecule has 1 unspecified atom stereocenters. The molecule has 1 aromatic carbocycles. The smallest absolute Gasteiger partial charge is 0.0446 e. The zero-order valence-electron chi connectivity index (χ0n) is 9.53. The molecule has 0 saturated heterocycles. The van der Waals surface area contributed by atoms with Crippen LogP contribution in [0.15, 0.2) is 35.7 Å². The fourth-order valence-corrected chi connectivity index (χ4v) is 3.62. The molecule has 1 atom stereocenters. The maximum Gasteiger partial charge on any atom is 0.0446 e. The molecule has 2 aromatic rings. The van der Waals surface area contributed by atoms with Crippen molar-refractivity contribution in [2.24, 2.45) is 0 Å². The second-order valence-corrected chi connectivity index (χ2v) is 6.25. The van der Waals surface area contributed by atoms with Crippen molar-refractivity contribution < 1.29 is 0 Å². The van der Waals surface area contributed by atoms with Gasteiger partial charge in [0.15, 0.2) is 0 Å². The average Bonchev–Trinajstić information content (AvgIpc) is 2.74. The van der Waals surface area contributed by atoms with Gasteiger partial charge in [0.05, 0.1) is 0 Å². The van der Waals surface area contributed by atoms with E-state index in [1.165, 1.54) is 21.6 Å². The highest BCUT2D eigenvalue weighted by atomic mass is 79.9. The van der Waals surface area contributed by atoms with Gasteiger partial charge in [-0.05, 0) is 42.8 Å². The molecule has 0 fully saturated rings. The lowest BCUT2D eigenvalue weighted by Crippen LogP contribution is -1.97. The highest BCUT2D eigenvalue weighted by Gasteiger charge is 2.11. The van der Waals surface area contributed by atoms with Crippen LogP contribution in [0, 0.1) is 13.8 Å². The Labute approximate surface area is 109 Å². The van der Waals surface area contributed by atoms with Gasteiger partial charge >= 0.3 is 0 Å². The molecular weight excluding hydrogens is 280 g/mol. The van der Waals surface area contributed by atoms with Crippen LogP contribution in [0.25, 0.3) is 0 Å². The number of aryl methyl sites for hydroxylation is 2. The second kappa shape index (κ2) is 5.15. The molecule has 1 heterocycles. The molecule has 0 N–H and O–H groups in total. The van der Waals surface area contributed by atoms with Crippen molar-refractivity contribution in [1.29, 1.82) is 0 Å². The van der Waals surface area contributed by atoms with Crippen LogP contribution in [0.4, 0.5) is 0 Å². The quantitative estimate of drug-likeness (QED) is 0.696. The zero-order chi connectivity index (χ0) is 11.5. The number of hydrogen-bond acceptors (Lipinski definition) is 1. The highest BCUT2D eigenvalue weighted by molar-refractivity contribution is 9.09. The van der Waals surface area contributed by atoms with E-state index in [-0.39, 0.29) is 0 Å². The van der Waals surface area contributed by atoms with Crippen LogP contribution in [0.3, 0.4) is 0 Å². The summed E-state index contributed by atoms with van der Waals surface area (Å²) in [6, 6.07) is 11.0. The normalized spacial score (nSPS) is 12.7. The molecule has 0 aliphatic heterocycles. The number of alkyl halides is 1. The van der Waals surface area contributed by atoms with Gasteiger partial charge in [0.1, 0.15) is 0 Å². The largest absolute Gasteiger partial charge is 0.149 e. The second-order valence-electron chi connectivity index (χ2n) is 4.11. The van der Waals surface area contributed by atoms with Gasteiger partial charge in [-0.25, -0.2) is 0 Å². The van der Waals surface area contributed by atoms with E-state index in [1.807, 2.05) is 11.3 Å². The minimum Gasteiger partial charge on any atom is -0.149 e. The number of thiophene rings is 1. The SMILES string of the molecule is Cc1ccc(C)c(C(Br)Cc2cccs2)c1. The average molecular weight is 295 g/mol. The summed E-state index contributed by atoms with van der Waals surface area (Å²) < 4.78 is 0. The van der Waals surface area contributed by atoms with Crippen LogP contribution >= 0.6 is 27.3 Å². The van der Waals surface area contributed by atoms with Crippen molar-refractivity contribution in [1.82, 2.24) is 0 Å². The Hall–Kier alpha value is -0.600. The molecule has 1 aromatic heterocycles. The first-order valence-electron chi connectivity index (χ1n) is 5.40. The molecule has 0 radical (unpaired) electrons. The Bertz CT molecular complexity index is 460. The molecule has 16 heavy (non-hydrogen) atoms. The van der Waals surface area contributed by atoms with Crippen molar-refractivity contribution >= 4 is 27.3 Å². The van der Waals surface area contributed by atoms with Crippen molar-refractivity contribution in [3.05, 3.63) is 57.3 Å². The maximum absolute atomic E-state index is 3.80. The number of rotatable bonds is 3. The molecule has 0 spiro atoms. The van der Waals surface area contributed by atoms with Crippen molar-refractivity contribution in [2.75, 3.05) is 0 Å². The van der Waals surface area contributed by atoms with Crippen LogP contribution in [0.1, 0.15) is 26.4 Å². The van der Waals surface area contributed by atoms with Gasteiger partial charge in [0.25, 0.3) is 0 Å². The van der Waals surface area contributed by atoms with Gasteiger partial charge in [-0.2, -0.15) is 0 Å². The van der Waals surface area contributed by atoms with E-state index in [4.69, 9.17) is 0 Å². The molecule has 0 aliphatic carbocycles. The predicted molar refractivity (Wildman–Crippen MR) is 75.6 cm³/mol. The summed E-state index contributed by atoms with van der Waals surface area (Å²) >= 11 is 5.63. The Morgan fingerprint density at radius 1 is 1.25 bits per heavy atom. The van der Waals surface area contributed by atoms with Crippen LogP contribution < -0.4 is 0 Å². The Kier molecular flexibility index (Phi) is 3.82. The first-order valence-corrected chi connectivity index (χ1v) is 7.20. The molecule has 0 aliphatic rings. The highest BCUT2D eigenvalue weighted by Crippen LogP contribution is 2.31. The summed E-state index contributed by atoms with van der Waals surface area (Å²) in [5, 5.41) is 2.14. The summed E-state index contributed by atoms with van der Waals surface area (Å²) in [4.78, 5) is 1.86. The minimum absolute atomic E-state index is 0.422. The van der Waals surface area contributed by atoms with E-state index in [2.05, 4.69) is 65.5 Å². The third-order valence-corrected chi connectivity index (χ3v) is 4.45. The summed E-state index contributed by atoms with van der Waals surface area (Å²) in [5.74, 6) is 0. The first kappa shape index (κ1) is 11.9. The molecule has 0 saturated carbocycles. The van der Waals surface area contributed by atoms with Crippen molar-refractivity contribution in [3.8, 4) is 0 Å². The van der Waals surface area contributed by atoms with Crippen molar-refractivity contribution in [3.63, 3.8) is 0 Å². The molecule has 2 rings (SSSR count). The Morgan fingerprint density at radius 3 is 2.75 bits per heavy atom. The van der Waals surface area contributed by atoms with E-state index < -0.39 is 0 Å². The van der Waals surface area contributed by atoms with E-state index >= 15 is 0 Å². The van der Waals surface area contributed by atoms with Gasteiger partial charge in [0, 0.05) is 9.70 Å². The van der Waals surface area contributed by atoms with E-state index in [9.17, 15) is 0 Å². The van der Waals surface area contributed by atoms with Crippen LogP contribution in [-0.2, 0) is 6.42 Å². The van der Waals surface area contributed by atoms with Gasteiger partial charge in [-0.15, -0.1) is 11.3 Å². The van der Waals surface area contributed by atoms with Gasteiger partial charge in [0.2, 0.25) is 0 Å². The summed E-state index contributed by atoms with van der Waals surface area (Å²) in [5.41, 5.74) is 4.11. The topological polar surface area (TPSA) is 0 Å². The molecule has 0 bridgehead atoms. The van der Waals surface area contributed by atoms with Gasteiger partial charge in [-0.3, -0.25) is 0 Å². The fraction of sp³-hybridized carbons (Fsp3) is 0.286. The van der Waals surface area contributed by atoms with Gasteiger partial charge < -0.3 is 0 Å². The van der Waals surface area contributed by atoms with Crippen LogP contribution in [-0.4, -0.2) is 0 Å². The first-order chi connectivity index (χ1) is 7.66. The summed E-state index contributed by atoms with van der Waals surface area (Å²) in [7, 11) is 0. The maximum atomic E-state index is 3.80. The number of halogens is 1. The van der Waals surface area contributed by atoms with Crippen LogP contribution in [0.2, 0.25) is 0 Å². The molecule has 84 valence electrons. The number of benzene rings is 1. The Morgan fingerprint density at radius 2 is 2.06 bits per heavy atom. The Balaban J connectivity index is 2.20. The van der Waals surface area contributed by atoms with E-state index in [0.29, 0.717) is 4.83 Å². The molecule has 0 nitrogen and oxygen atoms in total. The molecule has 2 heteroatoms. The summed E-state index contributed by atoms with van der Waals surface area (Å²) in [6.45, 7) is 4.32. The summed E-state index contributed by atoms with van der Waals surface area (Å²) in [6.07, 6.45) is 1.07. The van der Waals surface area contributed by atoms with E-state index in [1.54, 1.807) is 0 Å². The fourth-order valence-electron chi connectivity index (χ4n) is 1.81. The number of hydrogen-bond donors (Lipinski definition) is 0. The monoisotopic (exact) mass is 294 g/mol. The minimum atomic E-state index is 0.422. The van der Waals surface area contributed by atoms with Gasteiger partial charge in [-0.1, -0.05) is 45.8 Å². The molecular formula is C14H15BrS. The lowest BCUT2D eigenvalue weighted by molar-refractivity contribution is 0.954. The third-order valence-electron chi connectivity index (χ3n) is 2.73. The van der Waals surface area contributed by atoms with E-state index in [0.717, 1.165) is 6.42 Å². The van der Waals surface area contributed by atoms with Crippen molar-refractivity contribution in [2.45, 2.75) is 25.1 Å². The zero-order valence-corrected chi connectivity index (χ0v) is 11.9. The third kappa shape index (κ3) is 2.74. The molecule has 0 amide bonds. The van der Waals surface area contributed by atoms with Crippen LogP contribution in [0.5, 0.6) is 0 Å². The predicted octanol–water partition coefficient (Wildman–Crippen LogP) is 5.04. The lowest BCUT2D eigenvalue weighted by atomic mass is 10.0. The standard InChI is InChI=1S/C14H15BrS/c1-10-5-6-11(2)13(8-10)14(15)9-12-4-3-7-16-12/h3-8,14H,9H2,1-2H3. The lowest BCUT2D eigenvalue weighted by Gasteiger charge is -2.13.